The summed E-state index contributed by atoms with van der Waals surface area (Å²) in [6, 6.07) is 0. The van der Waals surface area contributed by atoms with Crippen LogP contribution in [0.2, 0.25) is 0 Å². The second kappa shape index (κ2) is 58.9. The third-order valence-corrected chi connectivity index (χ3v) is 13.3. The second-order valence-electron chi connectivity index (χ2n) is 20.0. The first-order valence-electron chi connectivity index (χ1n) is 29.8. The summed E-state index contributed by atoms with van der Waals surface area (Å²) in [6.45, 7) is 4.05. The van der Waals surface area contributed by atoms with Crippen LogP contribution < -0.4 is 0 Å². The second-order valence-corrected chi connectivity index (χ2v) is 20.0. The van der Waals surface area contributed by atoms with Crippen LogP contribution in [0, 0.1) is 0 Å². The van der Waals surface area contributed by atoms with Crippen molar-refractivity contribution in [3.63, 3.8) is 0 Å². The van der Waals surface area contributed by atoms with Gasteiger partial charge in [-0.3, -0.25) is 9.59 Å². The van der Waals surface area contributed by atoms with Gasteiger partial charge in [-0.25, -0.2) is 0 Å². The van der Waals surface area contributed by atoms with E-state index < -0.39 is 6.10 Å². The number of aliphatic hydroxyl groups excluding tert-OH is 1. The minimum Gasteiger partial charge on any atom is -0.462 e. The molecule has 0 radical (unpaired) electrons. The highest BCUT2D eigenvalue weighted by Crippen LogP contribution is 2.17. The van der Waals surface area contributed by atoms with E-state index in [0.29, 0.717) is 12.8 Å². The molecule has 1 unspecified atom stereocenters. The lowest BCUT2D eigenvalue weighted by molar-refractivity contribution is -0.161. The quantitative estimate of drug-likeness (QED) is 0.0374. The maximum atomic E-state index is 12.3. The topological polar surface area (TPSA) is 72.8 Å². The molecule has 0 aliphatic carbocycles. The fourth-order valence-electron chi connectivity index (χ4n) is 8.84. The molecule has 0 fully saturated rings. The molecule has 0 rings (SSSR count). The maximum Gasteiger partial charge on any atom is 0.306 e. The summed E-state index contributed by atoms with van der Waals surface area (Å²) in [5, 5.41) is 9.66. The van der Waals surface area contributed by atoms with Crippen molar-refractivity contribution in [3.05, 3.63) is 60.8 Å². The van der Waals surface area contributed by atoms with Crippen molar-refractivity contribution in [2.75, 3.05) is 13.2 Å². The Morgan fingerprint density at radius 3 is 0.971 bits per heavy atom. The molecule has 0 aromatic heterocycles. The van der Waals surface area contributed by atoms with Gasteiger partial charge in [-0.2, -0.15) is 0 Å². The number of aliphatic hydroxyl groups is 1. The number of carbonyl (C=O) groups is 2. The van der Waals surface area contributed by atoms with Crippen LogP contribution in [-0.2, 0) is 19.1 Å². The van der Waals surface area contributed by atoms with Crippen molar-refractivity contribution >= 4 is 11.9 Å². The fraction of sp³-hybridized carbons (Fsp3) is 0.810. The van der Waals surface area contributed by atoms with E-state index in [4.69, 9.17) is 9.47 Å². The number of ether oxygens (including phenoxy) is 2. The Kier molecular flexibility index (Phi) is 56.8. The molecule has 0 saturated carbocycles. The van der Waals surface area contributed by atoms with Crippen molar-refractivity contribution in [1.82, 2.24) is 0 Å². The Hall–Kier alpha value is -2.40. The normalized spacial score (nSPS) is 12.6. The van der Waals surface area contributed by atoms with Crippen LogP contribution in [0.15, 0.2) is 60.8 Å². The Bertz CT molecular complexity index is 1170. The average molecular weight is 952 g/mol. The zero-order valence-corrected chi connectivity index (χ0v) is 45.4. The van der Waals surface area contributed by atoms with Gasteiger partial charge in [0.15, 0.2) is 6.10 Å². The molecule has 0 aromatic rings. The molecule has 0 amide bonds. The Labute approximate surface area is 423 Å². The van der Waals surface area contributed by atoms with Crippen LogP contribution in [0.3, 0.4) is 0 Å². The third kappa shape index (κ3) is 56.2. The average Bonchev–Trinajstić information content (AvgIpc) is 3.34. The van der Waals surface area contributed by atoms with Gasteiger partial charge in [0.2, 0.25) is 0 Å². The predicted octanol–water partition coefficient (Wildman–Crippen LogP) is 20.2. The molecule has 0 spiro atoms. The molecule has 68 heavy (non-hydrogen) atoms. The fourth-order valence-corrected chi connectivity index (χ4v) is 8.84. The molecule has 0 heterocycles. The van der Waals surface area contributed by atoms with Crippen molar-refractivity contribution in [1.29, 1.82) is 0 Å². The van der Waals surface area contributed by atoms with E-state index in [0.717, 1.165) is 70.6 Å². The van der Waals surface area contributed by atoms with E-state index in [1.54, 1.807) is 0 Å². The van der Waals surface area contributed by atoms with Gasteiger partial charge in [-0.1, -0.05) is 280 Å². The molecule has 396 valence electrons. The standard InChI is InChI=1S/C63H114O5/c1-3-5-7-9-11-13-15-17-19-21-23-25-26-27-28-29-30-31-32-33-34-35-36-38-39-41-43-45-47-49-51-53-55-57-62(65)67-60-61(59-64)68-63(66)58-56-54-52-50-48-46-44-42-40-37-24-22-20-18-16-14-12-10-8-6-4-2/h6,8,12,14,18,20-21,23-24,37,61,64H,3-5,7,9-11,13,15-17,19,22,25-36,38-60H2,1-2H3/b8-6-,14-12-,20-18-,23-21-,37-24-. The smallest absolute Gasteiger partial charge is 0.306 e. The molecule has 0 bridgehead atoms. The highest BCUT2D eigenvalue weighted by atomic mass is 16.6. The van der Waals surface area contributed by atoms with Crippen LogP contribution in [0.25, 0.3) is 0 Å². The minimum absolute atomic E-state index is 0.0678. The largest absolute Gasteiger partial charge is 0.462 e. The number of allylic oxidation sites excluding steroid dienone is 10. The first kappa shape index (κ1) is 65.6. The summed E-state index contributed by atoms with van der Waals surface area (Å²) in [4.78, 5) is 24.5. The molecule has 1 atom stereocenters. The van der Waals surface area contributed by atoms with Crippen molar-refractivity contribution in [2.45, 2.75) is 315 Å². The zero-order valence-electron chi connectivity index (χ0n) is 45.4. The van der Waals surface area contributed by atoms with Crippen LogP contribution in [-0.4, -0.2) is 36.4 Å². The number of rotatable bonds is 55. The lowest BCUT2D eigenvalue weighted by atomic mass is 10.0. The predicted molar refractivity (Wildman–Crippen MR) is 297 cm³/mol. The molecule has 5 nitrogen and oxygen atoms in total. The van der Waals surface area contributed by atoms with Gasteiger partial charge in [0.1, 0.15) is 6.61 Å². The van der Waals surface area contributed by atoms with Gasteiger partial charge >= 0.3 is 11.9 Å². The van der Waals surface area contributed by atoms with Gasteiger partial charge in [0.25, 0.3) is 0 Å². The summed E-state index contributed by atoms with van der Waals surface area (Å²) in [6.07, 6.45) is 79.3. The first-order valence-corrected chi connectivity index (χ1v) is 29.8. The number of esters is 2. The third-order valence-electron chi connectivity index (χ3n) is 13.3. The van der Waals surface area contributed by atoms with E-state index in [1.165, 1.54) is 212 Å². The van der Waals surface area contributed by atoms with Gasteiger partial charge in [-0.05, 0) is 77.0 Å². The summed E-state index contributed by atoms with van der Waals surface area (Å²) >= 11 is 0. The molecular weight excluding hydrogens is 837 g/mol. The number of unbranched alkanes of at least 4 members (excludes halogenated alkanes) is 37. The van der Waals surface area contributed by atoms with Gasteiger partial charge in [0.05, 0.1) is 6.61 Å². The minimum atomic E-state index is -0.778. The van der Waals surface area contributed by atoms with Crippen LogP contribution in [0.1, 0.15) is 309 Å². The van der Waals surface area contributed by atoms with E-state index in [1.807, 2.05) is 0 Å². The lowest BCUT2D eigenvalue weighted by Gasteiger charge is -2.15. The number of hydrogen-bond donors (Lipinski definition) is 1. The highest BCUT2D eigenvalue weighted by Gasteiger charge is 2.16. The monoisotopic (exact) mass is 951 g/mol. The van der Waals surface area contributed by atoms with Crippen LogP contribution in [0.5, 0.6) is 0 Å². The molecule has 1 N–H and O–H groups in total. The van der Waals surface area contributed by atoms with Crippen LogP contribution >= 0.6 is 0 Å². The summed E-state index contributed by atoms with van der Waals surface area (Å²) in [7, 11) is 0. The molecule has 0 aromatic carbocycles. The van der Waals surface area contributed by atoms with Gasteiger partial charge in [0, 0.05) is 12.8 Å². The summed E-state index contributed by atoms with van der Waals surface area (Å²) in [5.74, 6) is -0.588. The summed E-state index contributed by atoms with van der Waals surface area (Å²) in [5.41, 5.74) is 0. The van der Waals surface area contributed by atoms with E-state index in [2.05, 4.69) is 74.6 Å². The number of hydrogen-bond acceptors (Lipinski definition) is 5. The number of carbonyl (C=O) groups excluding carboxylic acids is 2. The highest BCUT2D eigenvalue weighted by molar-refractivity contribution is 5.70. The molecule has 0 aliphatic heterocycles. The lowest BCUT2D eigenvalue weighted by Crippen LogP contribution is -2.28. The molecular formula is C63H114O5. The molecule has 0 saturated heterocycles. The molecule has 0 aliphatic rings. The van der Waals surface area contributed by atoms with E-state index in [9.17, 15) is 14.7 Å². The Balaban J connectivity index is 3.43. The van der Waals surface area contributed by atoms with Crippen molar-refractivity contribution in [2.24, 2.45) is 0 Å². The van der Waals surface area contributed by atoms with Crippen molar-refractivity contribution < 1.29 is 24.2 Å². The first-order chi connectivity index (χ1) is 33.6. The van der Waals surface area contributed by atoms with E-state index in [-0.39, 0.29) is 25.2 Å². The Morgan fingerprint density at radius 1 is 0.353 bits per heavy atom. The maximum absolute atomic E-state index is 12.3. The van der Waals surface area contributed by atoms with Gasteiger partial charge in [-0.15, -0.1) is 0 Å². The van der Waals surface area contributed by atoms with Crippen LogP contribution in [0.4, 0.5) is 0 Å². The van der Waals surface area contributed by atoms with Gasteiger partial charge < -0.3 is 14.6 Å². The summed E-state index contributed by atoms with van der Waals surface area (Å²) < 4.78 is 10.7. The van der Waals surface area contributed by atoms with Crippen molar-refractivity contribution in [3.8, 4) is 0 Å². The molecule has 5 heteroatoms. The zero-order chi connectivity index (χ0) is 49.2. The Morgan fingerprint density at radius 2 is 0.632 bits per heavy atom. The van der Waals surface area contributed by atoms with E-state index >= 15 is 0 Å². The SMILES string of the molecule is CC/C=C\C/C=C\C/C=C\C/C=C\CCCCCCCCCCC(=O)OC(CO)COC(=O)CCCCCCCCCCCCCCCCCCCCCCC/C=C\CCCCCCCCCC.